The first-order chi connectivity index (χ1) is 12.5. The number of H-pyrrole nitrogens is 1. The van der Waals surface area contributed by atoms with Crippen molar-refractivity contribution < 1.29 is 9.53 Å². The topological polar surface area (TPSA) is 97.0 Å². The molecule has 1 saturated heterocycles. The smallest absolute Gasteiger partial charge is 0.345 e. The number of hydrogen-bond acceptors (Lipinski definition) is 5. The Morgan fingerprint density at radius 1 is 1.31 bits per heavy atom. The average molecular weight is 356 g/mol. The van der Waals surface area contributed by atoms with Crippen LogP contribution in [-0.2, 0) is 22.4 Å². The minimum atomic E-state index is -0.352. The predicted molar refractivity (Wildman–Crippen MR) is 96.8 cm³/mol. The summed E-state index contributed by atoms with van der Waals surface area (Å²) in [6.45, 7) is 4.82. The molecule has 0 radical (unpaired) electrons. The summed E-state index contributed by atoms with van der Waals surface area (Å²) in [4.78, 5) is 34.4. The monoisotopic (exact) mass is 356 g/mol. The minimum absolute atomic E-state index is 0.00905. The molecule has 0 aliphatic carbocycles. The second-order valence-corrected chi connectivity index (χ2v) is 6.76. The lowest BCUT2D eigenvalue weighted by Crippen LogP contribution is -2.40. The number of ether oxygens (including phenoxy) is 1. The molecule has 0 saturated carbocycles. The Kier molecular flexibility index (Phi) is 5.78. The standard InChI is InChI=1S/C19H24N4O3/c1-12-16(13(2)22-19(25)21-12)3-4-18(24)23-17-11-26-10-15(17)9-14-5-7-20-8-6-14/h5-8,15,17H,3-4,9-11H2,1-2H3,(H,23,24)(H,21,22,25)/t15-,17+/m1/s1. The van der Waals surface area contributed by atoms with Crippen LogP contribution in [0.3, 0.4) is 0 Å². The summed E-state index contributed by atoms with van der Waals surface area (Å²) in [6.07, 6.45) is 5.32. The van der Waals surface area contributed by atoms with Crippen LogP contribution in [0.5, 0.6) is 0 Å². The fourth-order valence-corrected chi connectivity index (χ4v) is 3.42. The molecule has 1 aliphatic rings. The normalized spacial score (nSPS) is 19.5. The van der Waals surface area contributed by atoms with Gasteiger partial charge in [0.1, 0.15) is 0 Å². The molecule has 1 aliphatic heterocycles. The lowest BCUT2D eigenvalue weighted by molar-refractivity contribution is -0.122. The number of hydrogen-bond donors (Lipinski definition) is 2. The van der Waals surface area contributed by atoms with Gasteiger partial charge in [-0.25, -0.2) is 4.79 Å². The van der Waals surface area contributed by atoms with Gasteiger partial charge in [-0.2, -0.15) is 4.98 Å². The Morgan fingerprint density at radius 3 is 2.81 bits per heavy atom. The van der Waals surface area contributed by atoms with E-state index in [0.29, 0.717) is 31.7 Å². The van der Waals surface area contributed by atoms with Gasteiger partial charge in [0.15, 0.2) is 0 Å². The molecule has 1 amide bonds. The van der Waals surface area contributed by atoms with E-state index in [2.05, 4.69) is 20.3 Å². The maximum absolute atomic E-state index is 12.4. The van der Waals surface area contributed by atoms with Crippen LogP contribution >= 0.6 is 0 Å². The lowest BCUT2D eigenvalue weighted by Gasteiger charge is -2.19. The molecule has 26 heavy (non-hydrogen) atoms. The van der Waals surface area contributed by atoms with E-state index in [-0.39, 0.29) is 23.6 Å². The molecule has 2 atom stereocenters. The van der Waals surface area contributed by atoms with E-state index in [1.807, 2.05) is 19.1 Å². The van der Waals surface area contributed by atoms with Crippen molar-refractivity contribution in [1.82, 2.24) is 20.3 Å². The van der Waals surface area contributed by atoms with E-state index in [0.717, 1.165) is 17.7 Å². The highest BCUT2D eigenvalue weighted by molar-refractivity contribution is 5.76. The highest BCUT2D eigenvalue weighted by Crippen LogP contribution is 2.19. The van der Waals surface area contributed by atoms with Crippen LogP contribution in [0.25, 0.3) is 0 Å². The molecule has 0 aromatic carbocycles. The van der Waals surface area contributed by atoms with E-state index < -0.39 is 0 Å². The fourth-order valence-electron chi connectivity index (χ4n) is 3.42. The Balaban J connectivity index is 1.55. The second kappa shape index (κ2) is 8.23. The zero-order chi connectivity index (χ0) is 18.5. The summed E-state index contributed by atoms with van der Waals surface area (Å²) in [5, 5.41) is 3.10. The van der Waals surface area contributed by atoms with Gasteiger partial charge in [0.2, 0.25) is 5.91 Å². The summed E-state index contributed by atoms with van der Waals surface area (Å²) in [7, 11) is 0. The Morgan fingerprint density at radius 2 is 2.08 bits per heavy atom. The van der Waals surface area contributed by atoms with Gasteiger partial charge in [-0.15, -0.1) is 0 Å². The molecule has 3 heterocycles. The van der Waals surface area contributed by atoms with Crippen molar-refractivity contribution in [1.29, 1.82) is 0 Å². The number of aromatic amines is 1. The van der Waals surface area contributed by atoms with Crippen molar-refractivity contribution in [3.63, 3.8) is 0 Å². The predicted octanol–water partition coefficient (Wildman–Crippen LogP) is 1.09. The Labute approximate surface area is 152 Å². The molecule has 7 nitrogen and oxygen atoms in total. The number of aryl methyl sites for hydroxylation is 2. The third-order valence-electron chi connectivity index (χ3n) is 4.85. The summed E-state index contributed by atoms with van der Waals surface area (Å²) in [5.41, 5.74) is 3.22. The Bertz CT molecular complexity index is 793. The summed E-state index contributed by atoms with van der Waals surface area (Å²) in [6, 6.07) is 4.00. The first kappa shape index (κ1) is 18.3. The van der Waals surface area contributed by atoms with Gasteiger partial charge in [-0.1, -0.05) is 0 Å². The van der Waals surface area contributed by atoms with Crippen molar-refractivity contribution in [2.24, 2.45) is 5.92 Å². The lowest BCUT2D eigenvalue weighted by atomic mass is 9.95. The van der Waals surface area contributed by atoms with Crippen LogP contribution in [0.1, 0.15) is 28.9 Å². The third-order valence-corrected chi connectivity index (χ3v) is 4.85. The van der Waals surface area contributed by atoms with Crippen LogP contribution in [-0.4, -0.2) is 40.1 Å². The van der Waals surface area contributed by atoms with Crippen LogP contribution in [0, 0.1) is 19.8 Å². The maximum Gasteiger partial charge on any atom is 0.345 e. The van der Waals surface area contributed by atoms with Gasteiger partial charge in [0.25, 0.3) is 0 Å². The highest BCUT2D eigenvalue weighted by atomic mass is 16.5. The molecule has 0 spiro atoms. The number of carbonyl (C=O) groups excluding carboxylic acids is 1. The van der Waals surface area contributed by atoms with E-state index in [1.165, 1.54) is 5.56 Å². The van der Waals surface area contributed by atoms with E-state index >= 15 is 0 Å². The van der Waals surface area contributed by atoms with Crippen molar-refractivity contribution >= 4 is 5.91 Å². The molecule has 2 N–H and O–H groups in total. The van der Waals surface area contributed by atoms with Crippen LogP contribution in [0.4, 0.5) is 0 Å². The van der Waals surface area contributed by atoms with Crippen LogP contribution in [0.15, 0.2) is 29.3 Å². The molecule has 7 heteroatoms. The SMILES string of the molecule is Cc1nc(=O)[nH]c(C)c1CCC(=O)N[C@H]1COC[C@H]1Cc1ccncc1. The number of amides is 1. The number of pyridine rings is 1. The molecule has 2 aromatic rings. The minimum Gasteiger partial charge on any atom is -0.379 e. The molecule has 1 fully saturated rings. The van der Waals surface area contributed by atoms with Gasteiger partial charge in [0, 0.05) is 36.1 Å². The number of aromatic nitrogens is 3. The van der Waals surface area contributed by atoms with E-state index in [1.54, 1.807) is 19.3 Å². The van der Waals surface area contributed by atoms with Crippen molar-refractivity contribution in [2.45, 2.75) is 39.2 Å². The summed E-state index contributed by atoms with van der Waals surface area (Å²) >= 11 is 0. The largest absolute Gasteiger partial charge is 0.379 e. The molecular weight excluding hydrogens is 332 g/mol. The van der Waals surface area contributed by atoms with E-state index in [4.69, 9.17) is 4.74 Å². The molecule has 138 valence electrons. The zero-order valence-electron chi connectivity index (χ0n) is 15.1. The van der Waals surface area contributed by atoms with E-state index in [9.17, 15) is 9.59 Å². The number of carbonyl (C=O) groups is 1. The first-order valence-corrected chi connectivity index (χ1v) is 8.85. The van der Waals surface area contributed by atoms with Crippen LogP contribution < -0.4 is 11.0 Å². The molecule has 2 aromatic heterocycles. The maximum atomic E-state index is 12.4. The zero-order valence-corrected chi connectivity index (χ0v) is 15.1. The van der Waals surface area contributed by atoms with Crippen molar-refractivity contribution in [3.8, 4) is 0 Å². The highest BCUT2D eigenvalue weighted by Gasteiger charge is 2.29. The summed E-state index contributed by atoms with van der Waals surface area (Å²) in [5.74, 6) is 0.254. The van der Waals surface area contributed by atoms with Crippen LogP contribution in [0.2, 0.25) is 0 Å². The molecule has 0 bridgehead atoms. The quantitative estimate of drug-likeness (QED) is 0.807. The van der Waals surface area contributed by atoms with Gasteiger partial charge in [0.05, 0.1) is 19.3 Å². The number of nitrogens with one attached hydrogen (secondary N) is 2. The third kappa shape index (κ3) is 4.54. The molecular formula is C19H24N4O3. The van der Waals surface area contributed by atoms with Crippen molar-refractivity contribution in [3.05, 3.63) is 57.5 Å². The molecule has 0 unspecified atom stereocenters. The average Bonchev–Trinajstić information content (AvgIpc) is 3.01. The van der Waals surface area contributed by atoms with Gasteiger partial charge >= 0.3 is 5.69 Å². The van der Waals surface area contributed by atoms with Crippen molar-refractivity contribution in [2.75, 3.05) is 13.2 Å². The Hall–Kier alpha value is -2.54. The molecule has 3 rings (SSSR count). The van der Waals surface area contributed by atoms with Gasteiger partial charge in [-0.05, 0) is 49.9 Å². The van der Waals surface area contributed by atoms with Gasteiger partial charge in [-0.3, -0.25) is 9.78 Å². The number of rotatable bonds is 6. The summed E-state index contributed by atoms with van der Waals surface area (Å²) < 4.78 is 5.58. The fraction of sp³-hybridized carbons (Fsp3) is 0.474. The van der Waals surface area contributed by atoms with Gasteiger partial charge < -0.3 is 15.0 Å². The number of nitrogens with zero attached hydrogens (tertiary/aromatic N) is 2. The first-order valence-electron chi connectivity index (χ1n) is 8.85. The second-order valence-electron chi connectivity index (χ2n) is 6.76.